The lowest BCUT2D eigenvalue weighted by molar-refractivity contribution is 0.451. The minimum absolute atomic E-state index is 0.107. The van der Waals surface area contributed by atoms with Crippen LogP contribution in [0.2, 0.25) is 0 Å². The third-order valence-electron chi connectivity index (χ3n) is 2.51. The van der Waals surface area contributed by atoms with Crippen LogP contribution in [0.15, 0.2) is 62.1 Å². The Balaban J connectivity index is 2.25. The van der Waals surface area contributed by atoms with E-state index in [2.05, 4.69) is 19.7 Å². The van der Waals surface area contributed by atoms with E-state index in [-0.39, 0.29) is 22.1 Å². The van der Waals surface area contributed by atoms with Gasteiger partial charge in [-0.3, -0.25) is 0 Å². The van der Waals surface area contributed by atoms with E-state index in [1.165, 1.54) is 36.4 Å². The molecule has 0 amide bonds. The van der Waals surface area contributed by atoms with Crippen molar-refractivity contribution in [2.45, 2.75) is 4.90 Å². The summed E-state index contributed by atoms with van der Waals surface area (Å²) in [6.07, 6.45) is 0. The van der Waals surface area contributed by atoms with Crippen molar-refractivity contribution in [1.29, 1.82) is 0 Å². The Labute approximate surface area is 124 Å². The maximum Gasteiger partial charge on any atom is 0.264 e. The zero-order chi connectivity index (χ0) is 16.2. The van der Waals surface area contributed by atoms with Crippen molar-refractivity contribution >= 4 is 21.4 Å². The largest absolute Gasteiger partial charge is 0.508 e. The Bertz CT molecular complexity index is 871. The Hall–Kier alpha value is -3.10. The molecule has 9 nitrogen and oxygen atoms in total. The number of rotatable bonds is 4. The average Bonchev–Trinajstić information content (AvgIpc) is 2.47. The van der Waals surface area contributed by atoms with Crippen LogP contribution >= 0.6 is 0 Å². The lowest BCUT2D eigenvalue weighted by Crippen LogP contribution is -1.93. The van der Waals surface area contributed by atoms with Gasteiger partial charge in [0.2, 0.25) is 0 Å². The van der Waals surface area contributed by atoms with E-state index in [9.17, 15) is 13.5 Å². The summed E-state index contributed by atoms with van der Waals surface area (Å²) in [6.45, 7) is 0. The smallest absolute Gasteiger partial charge is 0.264 e. The second kappa shape index (κ2) is 6.12. The molecule has 0 unspecified atom stereocenters. The first-order valence-electron chi connectivity index (χ1n) is 5.77. The summed E-state index contributed by atoms with van der Waals surface area (Å²) in [5.74, 6) is -0.352. The maximum atomic E-state index is 11.5. The molecule has 0 aliphatic rings. The van der Waals surface area contributed by atoms with Gasteiger partial charge in [0, 0.05) is 15.5 Å². The van der Waals surface area contributed by atoms with E-state index in [0.717, 1.165) is 6.07 Å². The third kappa shape index (κ3) is 3.51. The van der Waals surface area contributed by atoms with Gasteiger partial charge < -0.3 is 10.2 Å². The molecule has 0 saturated carbocycles. The van der Waals surface area contributed by atoms with Gasteiger partial charge in [0.25, 0.3) is 10.0 Å². The molecule has 0 spiro atoms. The molecular weight excluding hydrogens is 310 g/mol. The zero-order valence-electron chi connectivity index (χ0n) is 10.9. The SMILES string of the molecule is [N-]=[N+]=NS(=O)(=O)c1ccc(N=Nc2ccc(O)cc2O)cc1. The Morgan fingerprint density at radius 2 is 1.68 bits per heavy atom. The fraction of sp³-hybridized carbons (Fsp3) is 0. The van der Waals surface area contributed by atoms with Gasteiger partial charge in [-0.2, -0.15) is 5.11 Å². The lowest BCUT2D eigenvalue weighted by atomic mass is 10.3. The van der Waals surface area contributed by atoms with Crippen LogP contribution in [0.25, 0.3) is 10.4 Å². The van der Waals surface area contributed by atoms with Gasteiger partial charge in [-0.25, -0.2) is 8.42 Å². The van der Waals surface area contributed by atoms with Crippen molar-refractivity contribution in [3.8, 4) is 11.5 Å². The second-order valence-corrected chi connectivity index (χ2v) is 5.60. The Morgan fingerprint density at radius 3 is 2.27 bits per heavy atom. The van der Waals surface area contributed by atoms with Gasteiger partial charge >= 0.3 is 0 Å². The van der Waals surface area contributed by atoms with Crippen molar-refractivity contribution in [1.82, 2.24) is 0 Å². The summed E-state index contributed by atoms with van der Waals surface area (Å²) in [4.78, 5) is 2.08. The molecule has 0 aliphatic heterocycles. The van der Waals surface area contributed by atoms with Crippen LogP contribution in [-0.4, -0.2) is 18.6 Å². The standard InChI is InChI=1S/C12H9N5O4S/c13-16-17-22(20,21)10-4-1-8(2-5-10)14-15-11-6-3-9(18)7-12(11)19/h1-7,18-19H. The van der Waals surface area contributed by atoms with Gasteiger partial charge in [-0.05, 0) is 41.9 Å². The van der Waals surface area contributed by atoms with Crippen LogP contribution in [0.4, 0.5) is 11.4 Å². The molecule has 112 valence electrons. The maximum absolute atomic E-state index is 11.5. The van der Waals surface area contributed by atoms with Gasteiger partial charge in [0.1, 0.15) is 17.2 Å². The molecule has 10 heteroatoms. The molecule has 2 aromatic carbocycles. The molecule has 22 heavy (non-hydrogen) atoms. The van der Waals surface area contributed by atoms with Gasteiger partial charge in [0.15, 0.2) is 0 Å². The first kappa shape index (κ1) is 15.3. The topological polar surface area (TPSA) is 148 Å². The van der Waals surface area contributed by atoms with Crippen LogP contribution in [-0.2, 0) is 10.0 Å². The first-order chi connectivity index (χ1) is 10.4. The van der Waals surface area contributed by atoms with Crippen molar-refractivity contribution < 1.29 is 18.6 Å². The zero-order valence-corrected chi connectivity index (χ0v) is 11.7. The Morgan fingerprint density at radius 1 is 1.00 bits per heavy atom. The quantitative estimate of drug-likeness (QED) is 0.503. The van der Waals surface area contributed by atoms with E-state index in [1.807, 2.05) is 0 Å². The summed E-state index contributed by atoms with van der Waals surface area (Å²) in [6, 6.07) is 8.98. The first-order valence-corrected chi connectivity index (χ1v) is 7.21. The molecule has 2 rings (SSSR count). The molecule has 0 bridgehead atoms. The molecular formula is C12H9N5O4S. The molecule has 2 aromatic rings. The predicted molar refractivity (Wildman–Crippen MR) is 76.7 cm³/mol. The molecule has 2 N–H and O–H groups in total. The van der Waals surface area contributed by atoms with E-state index in [4.69, 9.17) is 10.6 Å². The summed E-state index contributed by atoms with van der Waals surface area (Å²) < 4.78 is 25.6. The highest BCUT2D eigenvalue weighted by Crippen LogP contribution is 2.31. The minimum atomic E-state index is -4.04. The van der Waals surface area contributed by atoms with Crippen LogP contribution in [0.1, 0.15) is 0 Å². The second-order valence-electron chi connectivity index (χ2n) is 4.01. The summed E-state index contributed by atoms with van der Waals surface area (Å²) >= 11 is 0. The fourth-order valence-corrected chi connectivity index (χ4v) is 2.16. The number of hydrogen-bond donors (Lipinski definition) is 2. The number of nitrogens with zero attached hydrogens (tertiary/aromatic N) is 5. The molecule has 0 aromatic heterocycles. The van der Waals surface area contributed by atoms with Gasteiger partial charge in [0.05, 0.1) is 10.6 Å². The predicted octanol–water partition coefficient (Wildman–Crippen LogP) is 3.51. The molecule has 0 heterocycles. The number of benzene rings is 2. The average molecular weight is 319 g/mol. The van der Waals surface area contributed by atoms with Crippen molar-refractivity contribution in [3.05, 3.63) is 52.9 Å². The Kier molecular flexibility index (Phi) is 4.25. The van der Waals surface area contributed by atoms with Gasteiger partial charge in [-0.15, -0.1) is 5.11 Å². The molecule has 0 radical (unpaired) electrons. The van der Waals surface area contributed by atoms with Crippen LogP contribution < -0.4 is 0 Å². The van der Waals surface area contributed by atoms with E-state index in [1.54, 1.807) is 0 Å². The summed E-state index contributed by atoms with van der Waals surface area (Å²) in [7, 11) is -4.04. The van der Waals surface area contributed by atoms with Crippen molar-refractivity contribution in [2.24, 2.45) is 14.7 Å². The van der Waals surface area contributed by atoms with Crippen LogP contribution in [0, 0.1) is 0 Å². The molecule has 0 saturated heterocycles. The highest BCUT2D eigenvalue weighted by atomic mass is 32.2. The van der Waals surface area contributed by atoms with E-state index in [0.29, 0.717) is 5.69 Å². The monoisotopic (exact) mass is 319 g/mol. The molecule has 0 fully saturated rings. The number of azide groups is 1. The fourth-order valence-electron chi connectivity index (χ4n) is 1.49. The number of aromatic hydroxyl groups is 2. The number of phenols is 2. The van der Waals surface area contributed by atoms with Crippen molar-refractivity contribution in [3.63, 3.8) is 0 Å². The number of azo groups is 1. The third-order valence-corrected chi connectivity index (χ3v) is 3.67. The minimum Gasteiger partial charge on any atom is -0.508 e. The number of sulfonamides is 1. The lowest BCUT2D eigenvalue weighted by Gasteiger charge is -1.99. The summed E-state index contributed by atoms with van der Waals surface area (Å²) in [5, 5.41) is 26.3. The highest BCUT2D eigenvalue weighted by Gasteiger charge is 2.11. The van der Waals surface area contributed by atoms with Crippen LogP contribution in [0.3, 0.4) is 0 Å². The number of hydrogen-bond acceptors (Lipinski definition) is 6. The molecule has 0 atom stereocenters. The normalized spacial score (nSPS) is 11.3. The van der Waals surface area contributed by atoms with Crippen LogP contribution in [0.5, 0.6) is 11.5 Å². The number of phenolic OH excluding ortho intramolecular Hbond substituents is 2. The van der Waals surface area contributed by atoms with E-state index < -0.39 is 10.0 Å². The van der Waals surface area contributed by atoms with Gasteiger partial charge in [-0.1, -0.05) is 0 Å². The highest BCUT2D eigenvalue weighted by molar-refractivity contribution is 7.90. The molecule has 0 aliphatic carbocycles. The van der Waals surface area contributed by atoms with Crippen molar-refractivity contribution in [2.75, 3.05) is 0 Å². The van der Waals surface area contributed by atoms with E-state index >= 15 is 0 Å². The summed E-state index contributed by atoms with van der Waals surface area (Å²) in [5.41, 5.74) is 8.65.